The summed E-state index contributed by atoms with van der Waals surface area (Å²) in [5.41, 5.74) is 4.56. The molecular formula is C24H27N3O2. The van der Waals surface area contributed by atoms with Crippen LogP contribution in [-0.4, -0.2) is 21.9 Å². The Morgan fingerprint density at radius 1 is 1.17 bits per heavy atom. The Labute approximate surface area is 171 Å². The minimum Gasteiger partial charge on any atom is -0.494 e. The van der Waals surface area contributed by atoms with Gasteiger partial charge in [0, 0.05) is 11.3 Å². The van der Waals surface area contributed by atoms with E-state index < -0.39 is 0 Å². The molecule has 2 heterocycles. The van der Waals surface area contributed by atoms with Crippen LogP contribution in [0, 0.1) is 5.92 Å². The molecule has 1 aliphatic rings. The number of nitrogens with one attached hydrogen (secondary N) is 1. The quantitative estimate of drug-likeness (QED) is 0.618. The summed E-state index contributed by atoms with van der Waals surface area (Å²) >= 11 is 0. The summed E-state index contributed by atoms with van der Waals surface area (Å²) in [7, 11) is 0. The first-order chi connectivity index (χ1) is 14.0. The van der Waals surface area contributed by atoms with Gasteiger partial charge in [0.15, 0.2) is 5.78 Å². The molecule has 0 spiro atoms. The highest BCUT2D eigenvalue weighted by Crippen LogP contribution is 2.39. The van der Waals surface area contributed by atoms with Crippen molar-refractivity contribution in [1.29, 1.82) is 0 Å². The Bertz CT molecular complexity index is 1080. The molecule has 5 nitrogen and oxygen atoms in total. The standard InChI is InChI=1S/C24H27N3O2/c1-15(2)13-14-29-19-11-9-18(10-12-19)23-22(17(4)28)16(3)25-24-26-20-7-5-6-8-21(20)27(23)24/h5-12,15,23H,13-14H2,1-4H3,(H,25,26)/t23-/m0/s1. The van der Waals surface area contributed by atoms with Crippen molar-refractivity contribution in [1.82, 2.24) is 9.55 Å². The molecule has 1 N–H and O–H groups in total. The van der Waals surface area contributed by atoms with E-state index in [4.69, 9.17) is 9.72 Å². The van der Waals surface area contributed by atoms with Crippen molar-refractivity contribution in [3.05, 3.63) is 65.4 Å². The smallest absolute Gasteiger partial charge is 0.209 e. The number of nitrogens with zero attached hydrogens (tertiary/aromatic N) is 2. The molecule has 3 aromatic rings. The van der Waals surface area contributed by atoms with Gasteiger partial charge in [0.25, 0.3) is 0 Å². The number of hydrogen-bond acceptors (Lipinski definition) is 4. The van der Waals surface area contributed by atoms with E-state index in [9.17, 15) is 4.79 Å². The number of fused-ring (bicyclic) bond motifs is 3. The fraction of sp³-hybridized carbons (Fsp3) is 0.333. The molecule has 0 radical (unpaired) electrons. The molecule has 29 heavy (non-hydrogen) atoms. The summed E-state index contributed by atoms with van der Waals surface area (Å²) in [6.45, 7) is 8.65. The highest BCUT2D eigenvalue weighted by atomic mass is 16.5. The lowest BCUT2D eigenvalue weighted by Gasteiger charge is -2.30. The average Bonchev–Trinajstić information content (AvgIpc) is 3.04. The number of para-hydroxylation sites is 2. The third-order valence-corrected chi connectivity index (χ3v) is 5.37. The monoisotopic (exact) mass is 389 g/mol. The summed E-state index contributed by atoms with van der Waals surface area (Å²) in [6, 6.07) is 15.9. The van der Waals surface area contributed by atoms with E-state index in [1.807, 2.05) is 43.3 Å². The van der Waals surface area contributed by atoms with Crippen molar-refractivity contribution in [2.75, 3.05) is 11.9 Å². The second kappa shape index (κ2) is 7.74. The van der Waals surface area contributed by atoms with Gasteiger partial charge < -0.3 is 10.1 Å². The third kappa shape index (κ3) is 3.65. The van der Waals surface area contributed by atoms with Crippen molar-refractivity contribution < 1.29 is 9.53 Å². The summed E-state index contributed by atoms with van der Waals surface area (Å²) in [5.74, 6) is 2.28. The highest BCUT2D eigenvalue weighted by Gasteiger charge is 2.32. The second-order valence-corrected chi connectivity index (χ2v) is 8.02. The number of allylic oxidation sites excluding steroid dienone is 2. The van der Waals surface area contributed by atoms with E-state index in [0.29, 0.717) is 12.5 Å². The van der Waals surface area contributed by atoms with Crippen LogP contribution in [0.3, 0.4) is 0 Å². The number of imidazole rings is 1. The van der Waals surface area contributed by atoms with Gasteiger partial charge in [-0.1, -0.05) is 38.1 Å². The van der Waals surface area contributed by atoms with E-state index in [0.717, 1.165) is 46.0 Å². The molecule has 1 aliphatic heterocycles. The average molecular weight is 389 g/mol. The normalized spacial score (nSPS) is 16.1. The molecule has 2 aromatic carbocycles. The second-order valence-electron chi connectivity index (χ2n) is 8.02. The van der Waals surface area contributed by atoms with Gasteiger partial charge in [0.2, 0.25) is 5.95 Å². The number of hydrogen-bond donors (Lipinski definition) is 1. The number of rotatable bonds is 6. The Morgan fingerprint density at radius 3 is 2.59 bits per heavy atom. The van der Waals surface area contributed by atoms with Crippen LogP contribution in [0.1, 0.15) is 45.7 Å². The first-order valence-corrected chi connectivity index (χ1v) is 10.1. The first-order valence-electron chi connectivity index (χ1n) is 10.1. The molecule has 1 aromatic heterocycles. The molecule has 150 valence electrons. The summed E-state index contributed by atoms with van der Waals surface area (Å²) in [5, 5.41) is 3.32. The van der Waals surface area contributed by atoms with Crippen molar-refractivity contribution in [3.8, 4) is 5.75 Å². The lowest BCUT2D eigenvalue weighted by atomic mass is 9.92. The number of aromatic nitrogens is 2. The topological polar surface area (TPSA) is 56.2 Å². The molecule has 0 saturated heterocycles. The van der Waals surface area contributed by atoms with E-state index in [1.54, 1.807) is 6.92 Å². The van der Waals surface area contributed by atoms with Gasteiger partial charge >= 0.3 is 0 Å². The molecular weight excluding hydrogens is 362 g/mol. The zero-order valence-electron chi connectivity index (χ0n) is 17.4. The maximum absolute atomic E-state index is 12.6. The molecule has 0 amide bonds. The van der Waals surface area contributed by atoms with Gasteiger partial charge in [0.1, 0.15) is 5.75 Å². The van der Waals surface area contributed by atoms with Gasteiger partial charge in [-0.3, -0.25) is 9.36 Å². The molecule has 0 unspecified atom stereocenters. The number of ketones is 1. The fourth-order valence-corrected chi connectivity index (χ4v) is 3.89. The van der Waals surface area contributed by atoms with Gasteiger partial charge in [-0.05, 0) is 56.0 Å². The molecule has 0 bridgehead atoms. The van der Waals surface area contributed by atoms with Crippen molar-refractivity contribution in [2.24, 2.45) is 5.92 Å². The number of ether oxygens (including phenoxy) is 1. The minimum atomic E-state index is -0.221. The van der Waals surface area contributed by atoms with Crippen molar-refractivity contribution >= 4 is 22.8 Å². The molecule has 0 saturated carbocycles. The molecule has 4 rings (SSSR count). The van der Waals surface area contributed by atoms with Crippen LogP contribution >= 0.6 is 0 Å². The van der Waals surface area contributed by atoms with Crippen molar-refractivity contribution in [3.63, 3.8) is 0 Å². The Kier molecular flexibility index (Phi) is 5.14. The number of anilines is 1. The van der Waals surface area contributed by atoms with E-state index in [2.05, 4.69) is 35.9 Å². The van der Waals surface area contributed by atoms with Crippen LogP contribution in [0.4, 0.5) is 5.95 Å². The Balaban J connectivity index is 1.75. The Hall–Kier alpha value is -3.08. The highest BCUT2D eigenvalue weighted by molar-refractivity contribution is 5.97. The predicted molar refractivity (Wildman–Crippen MR) is 116 cm³/mol. The van der Waals surface area contributed by atoms with Gasteiger partial charge in [0.05, 0.1) is 23.7 Å². The van der Waals surface area contributed by atoms with Crippen molar-refractivity contribution in [2.45, 2.75) is 40.2 Å². The summed E-state index contributed by atoms with van der Waals surface area (Å²) < 4.78 is 7.99. The molecule has 0 fully saturated rings. The van der Waals surface area contributed by atoms with Crippen LogP contribution in [0.2, 0.25) is 0 Å². The molecule has 1 atom stereocenters. The predicted octanol–water partition coefficient (Wildman–Crippen LogP) is 5.34. The largest absolute Gasteiger partial charge is 0.494 e. The number of Topliss-reactive ketones (excluding diaryl/α,β-unsaturated/α-hetero) is 1. The first kappa shape index (κ1) is 19.2. The minimum absolute atomic E-state index is 0.0562. The number of carbonyl (C=O) groups excluding carboxylic acids is 1. The van der Waals surface area contributed by atoms with E-state index in [1.165, 1.54) is 0 Å². The molecule has 0 aliphatic carbocycles. The molecule has 5 heteroatoms. The lowest BCUT2D eigenvalue weighted by Crippen LogP contribution is -2.26. The number of benzene rings is 2. The SMILES string of the molecule is CC(=O)C1=C(C)Nc2nc3ccccc3n2[C@H]1c1ccc(OCCC(C)C)cc1. The number of carbonyl (C=O) groups is 1. The van der Waals surface area contributed by atoms with Crippen LogP contribution in [0.25, 0.3) is 11.0 Å². The zero-order valence-corrected chi connectivity index (χ0v) is 17.4. The lowest BCUT2D eigenvalue weighted by molar-refractivity contribution is -0.114. The van der Waals surface area contributed by atoms with Gasteiger partial charge in [-0.15, -0.1) is 0 Å². The van der Waals surface area contributed by atoms with Crippen LogP contribution in [-0.2, 0) is 4.79 Å². The van der Waals surface area contributed by atoms with Gasteiger partial charge in [-0.25, -0.2) is 4.98 Å². The van der Waals surface area contributed by atoms with Gasteiger partial charge in [-0.2, -0.15) is 0 Å². The third-order valence-electron chi connectivity index (χ3n) is 5.37. The maximum Gasteiger partial charge on any atom is 0.209 e. The summed E-state index contributed by atoms with van der Waals surface area (Å²) in [6.07, 6.45) is 1.02. The fourth-order valence-electron chi connectivity index (χ4n) is 3.89. The van der Waals surface area contributed by atoms with Crippen LogP contribution in [0.15, 0.2) is 59.8 Å². The summed E-state index contributed by atoms with van der Waals surface area (Å²) in [4.78, 5) is 17.3. The van der Waals surface area contributed by atoms with E-state index in [-0.39, 0.29) is 11.8 Å². The Morgan fingerprint density at radius 2 is 1.90 bits per heavy atom. The van der Waals surface area contributed by atoms with Crippen LogP contribution in [0.5, 0.6) is 5.75 Å². The van der Waals surface area contributed by atoms with E-state index >= 15 is 0 Å². The zero-order chi connectivity index (χ0) is 20.5. The maximum atomic E-state index is 12.6. The van der Waals surface area contributed by atoms with Crippen LogP contribution < -0.4 is 10.1 Å².